The smallest absolute Gasteiger partial charge is 0.115 e. The van der Waals surface area contributed by atoms with Crippen LogP contribution < -0.4 is 0 Å². The van der Waals surface area contributed by atoms with Gasteiger partial charge in [0.25, 0.3) is 0 Å². The molecule has 0 spiro atoms. The molecule has 2 aromatic heterocycles. The fourth-order valence-corrected chi connectivity index (χ4v) is 2.31. The van der Waals surface area contributed by atoms with Gasteiger partial charge in [-0.25, -0.2) is 4.98 Å². The third-order valence-electron chi connectivity index (χ3n) is 2.90. The van der Waals surface area contributed by atoms with Crippen molar-refractivity contribution >= 4 is 22.6 Å². The van der Waals surface area contributed by atoms with E-state index in [0.717, 1.165) is 29.0 Å². The van der Waals surface area contributed by atoms with E-state index in [1.54, 1.807) is 4.68 Å². The zero-order valence-corrected chi connectivity index (χ0v) is 10.8. The summed E-state index contributed by atoms with van der Waals surface area (Å²) in [6, 6.07) is 8.09. The van der Waals surface area contributed by atoms with Crippen LogP contribution in [0.2, 0.25) is 0 Å². The molecule has 4 nitrogen and oxygen atoms in total. The lowest BCUT2D eigenvalue weighted by Gasteiger charge is -2.04. The molecule has 0 fully saturated rings. The summed E-state index contributed by atoms with van der Waals surface area (Å²) in [5.41, 5.74) is 3.10. The predicted molar refractivity (Wildman–Crippen MR) is 72.3 cm³/mol. The van der Waals surface area contributed by atoms with Gasteiger partial charge in [0.15, 0.2) is 0 Å². The van der Waals surface area contributed by atoms with Crippen LogP contribution in [0.3, 0.4) is 0 Å². The SMILES string of the molecule is Cn1cc(-n2c(CCCl)nc3ccccc32)cn1. The van der Waals surface area contributed by atoms with Gasteiger partial charge < -0.3 is 0 Å². The molecule has 2 heterocycles. The maximum atomic E-state index is 5.85. The van der Waals surface area contributed by atoms with E-state index in [1.807, 2.05) is 37.6 Å². The minimum absolute atomic E-state index is 0.559. The minimum atomic E-state index is 0.559. The highest BCUT2D eigenvalue weighted by Gasteiger charge is 2.12. The zero-order chi connectivity index (χ0) is 12.5. The van der Waals surface area contributed by atoms with Crippen molar-refractivity contribution in [3.63, 3.8) is 0 Å². The topological polar surface area (TPSA) is 35.6 Å². The van der Waals surface area contributed by atoms with Gasteiger partial charge in [-0.15, -0.1) is 11.6 Å². The number of rotatable bonds is 3. The number of halogens is 1. The van der Waals surface area contributed by atoms with Gasteiger partial charge in [-0.05, 0) is 12.1 Å². The number of imidazole rings is 1. The van der Waals surface area contributed by atoms with Gasteiger partial charge in [0.1, 0.15) is 5.82 Å². The first kappa shape index (κ1) is 11.3. The second-order valence-corrected chi connectivity index (χ2v) is 4.54. The quantitative estimate of drug-likeness (QED) is 0.679. The van der Waals surface area contributed by atoms with Crippen LogP contribution in [0.4, 0.5) is 0 Å². The monoisotopic (exact) mass is 260 g/mol. The Morgan fingerprint density at radius 2 is 2.11 bits per heavy atom. The minimum Gasteiger partial charge on any atom is -0.293 e. The maximum Gasteiger partial charge on any atom is 0.115 e. The van der Waals surface area contributed by atoms with Gasteiger partial charge in [0.2, 0.25) is 0 Å². The Labute approximate surface area is 110 Å². The van der Waals surface area contributed by atoms with E-state index in [0.29, 0.717) is 5.88 Å². The summed E-state index contributed by atoms with van der Waals surface area (Å²) in [6.45, 7) is 0. The lowest BCUT2D eigenvalue weighted by molar-refractivity contribution is 0.767. The molecule has 0 saturated heterocycles. The highest BCUT2D eigenvalue weighted by atomic mass is 35.5. The molecule has 0 N–H and O–H groups in total. The van der Waals surface area contributed by atoms with Gasteiger partial charge in [0, 0.05) is 25.5 Å². The Kier molecular flexibility index (Phi) is 2.80. The van der Waals surface area contributed by atoms with Crippen LogP contribution in [0.1, 0.15) is 5.82 Å². The molecule has 0 unspecified atom stereocenters. The van der Waals surface area contributed by atoms with E-state index < -0.39 is 0 Å². The van der Waals surface area contributed by atoms with E-state index in [-0.39, 0.29) is 0 Å². The van der Waals surface area contributed by atoms with Gasteiger partial charge in [0.05, 0.1) is 22.9 Å². The first-order valence-corrected chi connectivity index (χ1v) is 6.34. The highest BCUT2D eigenvalue weighted by molar-refractivity contribution is 6.17. The summed E-state index contributed by atoms with van der Waals surface area (Å²) < 4.78 is 3.90. The Balaban J connectivity index is 2.27. The van der Waals surface area contributed by atoms with E-state index in [2.05, 4.69) is 20.7 Å². The second-order valence-electron chi connectivity index (χ2n) is 4.16. The molecular formula is C13H13ClN4. The summed E-state index contributed by atoms with van der Waals surface area (Å²) in [7, 11) is 1.91. The number of aryl methyl sites for hydroxylation is 2. The number of alkyl halides is 1. The van der Waals surface area contributed by atoms with Crippen LogP contribution in [0.15, 0.2) is 36.7 Å². The molecule has 0 aliphatic heterocycles. The molecule has 0 aliphatic carbocycles. The van der Waals surface area contributed by atoms with Crippen LogP contribution >= 0.6 is 11.6 Å². The third-order valence-corrected chi connectivity index (χ3v) is 3.09. The molecule has 92 valence electrons. The maximum absolute atomic E-state index is 5.85. The number of hydrogen-bond acceptors (Lipinski definition) is 2. The fraction of sp³-hybridized carbons (Fsp3) is 0.231. The Morgan fingerprint density at radius 1 is 1.28 bits per heavy atom. The number of fused-ring (bicyclic) bond motifs is 1. The Morgan fingerprint density at radius 3 is 2.83 bits per heavy atom. The van der Waals surface area contributed by atoms with E-state index >= 15 is 0 Å². The molecule has 0 aliphatic rings. The molecule has 1 aromatic carbocycles. The average molecular weight is 261 g/mol. The first-order valence-electron chi connectivity index (χ1n) is 5.81. The summed E-state index contributed by atoms with van der Waals surface area (Å²) >= 11 is 5.85. The molecule has 0 radical (unpaired) electrons. The molecule has 0 atom stereocenters. The van der Waals surface area contributed by atoms with Gasteiger partial charge >= 0.3 is 0 Å². The van der Waals surface area contributed by atoms with Crippen molar-refractivity contribution in [3.05, 3.63) is 42.5 Å². The Hall–Kier alpha value is -1.81. The standard InChI is InChI=1S/C13H13ClN4/c1-17-9-10(8-15-17)18-12-5-3-2-4-11(12)16-13(18)6-7-14/h2-5,8-9H,6-7H2,1H3. The molecule has 18 heavy (non-hydrogen) atoms. The molecule has 0 amide bonds. The van der Waals surface area contributed by atoms with Crippen LogP contribution in [0.25, 0.3) is 16.7 Å². The van der Waals surface area contributed by atoms with E-state index in [9.17, 15) is 0 Å². The number of benzene rings is 1. The van der Waals surface area contributed by atoms with Gasteiger partial charge in [-0.2, -0.15) is 5.10 Å². The van der Waals surface area contributed by atoms with E-state index in [4.69, 9.17) is 11.6 Å². The lowest BCUT2D eigenvalue weighted by Crippen LogP contribution is -2.01. The normalized spacial score (nSPS) is 11.2. The van der Waals surface area contributed by atoms with Crippen molar-refractivity contribution in [2.24, 2.45) is 7.05 Å². The number of para-hydroxylation sites is 2. The number of hydrogen-bond donors (Lipinski definition) is 0. The van der Waals surface area contributed by atoms with Crippen LogP contribution in [0, 0.1) is 0 Å². The van der Waals surface area contributed by atoms with Crippen LogP contribution in [-0.4, -0.2) is 25.2 Å². The van der Waals surface area contributed by atoms with Crippen molar-refractivity contribution in [2.75, 3.05) is 5.88 Å². The molecule has 3 aromatic rings. The molecule has 0 bridgehead atoms. The van der Waals surface area contributed by atoms with Crippen molar-refractivity contribution < 1.29 is 0 Å². The van der Waals surface area contributed by atoms with Crippen LogP contribution in [-0.2, 0) is 13.5 Å². The summed E-state index contributed by atoms with van der Waals surface area (Å²) in [5, 5.41) is 4.22. The highest BCUT2D eigenvalue weighted by Crippen LogP contribution is 2.21. The molecule has 3 rings (SSSR count). The van der Waals surface area contributed by atoms with Crippen molar-refractivity contribution in [1.82, 2.24) is 19.3 Å². The first-order chi connectivity index (χ1) is 8.79. The van der Waals surface area contributed by atoms with Crippen molar-refractivity contribution in [1.29, 1.82) is 0 Å². The van der Waals surface area contributed by atoms with Crippen LogP contribution in [0.5, 0.6) is 0 Å². The number of aromatic nitrogens is 4. The lowest BCUT2D eigenvalue weighted by atomic mass is 10.3. The zero-order valence-electron chi connectivity index (χ0n) is 10.0. The molecule has 5 heteroatoms. The summed E-state index contributed by atoms with van der Waals surface area (Å²) in [5.74, 6) is 1.53. The average Bonchev–Trinajstić information content (AvgIpc) is 2.92. The predicted octanol–water partition coefficient (Wildman–Crippen LogP) is 2.54. The third kappa shape index (κ3) is 1.78. The molecule has 0 saturated carbocycles. The summed E-state index contributed by atoms with van der Waals surface area (Å²) in [6.07, 6.45) is 4.56. The molecular weight excluding hydrogens is 248 g/mol. The fourth-order valence-electron chi connectivity index (χ4n) is 2.14. The van der Waals surface area contributed by atoms with E-state index in [1.165, 1.54) is 0 Å². The summed E-state index contributed by atoms with van der Waals surface area (Å²) in [4.78, 5) is 4.63. The largest absolute Gasteiger partial charge is 0.293 e. The van der Waals surface area contributed by atoms with Crippen molar-refractivity contribution in [2.45, 2.75) is 6.42 Å². The second kappa shape index (κ2) is 4.46. The van der Waals surface area contributed by atoms with Gasteiger partial charge in [-0.1, -0.05) is 12.1 Å². The Bertz CT molecular complexity index is 683. The van der Waals surface area contributed by atoms with Crippen molar-refractivity contribution in [3.8, 4) is 5.69 Å². The number of nitrogens with zero attached hydrogens (tertiary/aromatic N) is 4. The van der Waals surface area contributed by atoms with Gasteiger partial charge in [-0.3, -0.25) is 9.25 Å².